The molecule has 0 radical (unpaired) electrons. The Kier molecular flexibility index (Phi) is 5.09. The van der Waals surface area contributed by atoms with Crippen LogP contribution in [0.25, 0.3) is 0 Å². The summed E-state index contributed by atoms with van der Waals surface area (Å²) < 4.78 is 5.12. The topological polar surface area (TPSA) is 71.3 Å². The van der Waals surface area contributed by atoms with Crippen LogP contribution in [0, 0.1) is 6.92 Å². The number of rotatable bonds is 6. The van der Waals surface area contributed by atoms with Crippen molar-refractivity contribution in [3.8, 4) is 0 Å². The first kappa shape index (κ1) is 16.7. The second-order valence-electron chi connectivity index (χ2n) is 5.78. The van der Waals surface area contributed by atoms with Crippen molar-refractivity contribution in [3.05, 3.63) is 77.6 Å². The lowest BCUT2D eigenvalue weighted by molar-refractivity contribution is 0.0922. The lowest BCUT2D eigenvalue weighted by Crippen LogP contribution is -2.26. The van der Waals surface area contributed by atoms with Crippen LogP contribution in [0.1, 0.15) is 27.4 Å². The third-order valence-corrected chi connectivity index (χ3v) is 3.88. The van der Waals surface area contributed by atoms with Gasteiger partial charge in [-0.3, -0.25) is 4.79 Å². The fourth-order valence-electron chi connectivity index (χ4n) is 2.62. The van der Waals surface area contributed by atoms with E-state index in [1.807, 2.05) is 37.4 Å². The number of nitrogens with one attached hydrogen (secondary N) is 1. The van der Waals surface area contributed by atoms with E-state index in [4.69, 9.17) is 4.42 Å². The van der Waals surface area contributed by atoms with E-state index in [2.05, 4.69) is 32.3 Å². The molecule has 0 aliphatic carbocycles. The van der Waals surface area contributed by atoms with Gasteiger partial charge in [-0.2, -0.15) is 0 Å². The molecule has 0 fully saturated rings. The van der Waals surface area contributed by atoms with Crippen LogP contribution in [0.2, 0.25) is 0 Å². The van der Waals surface area contributed by atoms with E-state index in [9.17, 15) is 4.79 Å². The highest BCUT2D eigenvalue weighted by Gasteiger charge is 2.15. The SMILES string of the molecule is Cc1ncoc1C(=O)NCc1cccnc1N(C)Cc1ccccc1. The molecular formula is C19H20N4O2. The van der Waals surface area contributed by atoms with Crippen molar-refractivity contribution < 1.29 is 9.21 Å². The first-order valence-corrected chi connectivity index (χ1v) is 8.02. The van der Waals surface area contributed by atoms with Gasteiger partial charge in [0, 0.05) is 31.9 Å². The number of hydrogen-bond donors (Lipinski definition) is 1. The summed E-state index contributed by atoms with van der Waals surface area (Å²) in [6, 6.07) is 14.0. The first-order chi connectivity index (χ1) is 12.1. The Labute approximate surface area is 146 Å². The molecule has 0 unspecified atom stereocenters. The van der Waals surface area contributed by atoms with Gasteiger partial charge in [-0.15, -0.1) is 0 Å². The zero-order valence-corrected chi connectivity index (χ0v) is 14.3. The number of aryl methyl sites for hydroxylation is 1. The maximum Gasteiger partial charge on any atom is 0.289 e. The Balaban J connectivity index is 1.70. The average Bonchev–Trinajstić information content (AvgIpc) is 3.07. The van der Waals surface area contributed by atoms with Crippen molar-refractivity contribution in [1.29, 1.82) is 0 Å². The fourth-order valence-corrected chi connectivity index (χ4v) is 2.62. The molecule has 128 valence electrons. The standard InChI is InChI=1S/C19H20N4O2/c1-14-17(25-13-22-14)19(24)21-11-16-9-6-10-20-18(16)23(2)12-15-7-4-3-5-8-15/h3-10,13H,11-12H2,1-2H3,(H,21,24). The number of oxazole rings is 1. The number of anilines is 1. The van der Waals surface area contributed by atoms with Crippen LogP contribution in [-0.4, -0.2) is 22.9 Å². The van der Waals surface area contributed by atoms with Crippen LogP contribution in [-0.2, 0) is 13.1 Å². The Hall–Kier alpha value is -3.15. The van der Waals surface area contributed by atoms with Gasteiger partial charge in [-0.05, 0) is 18.6 Å². The third-order valence-electron chi connectivity index (χ3n) is 3.88. The van der Waals surface area contributed by atoms with Crippen LogP contribution in [0.3, 0.4) is 0 Å². The second kappa shape index (κ2) is 7.61. The fraction of sp³-hybridized carbons (Fsp3) is 0.211. The predicted molar refractivity (Wildman–Crippen MR) is 95.2 cm³/mol. The highest BCUT2D eigenvalue weighted by molar-refractivity contribution is 5.92. The van der Waals surface area contributed by atoms with Crippen LogP contribution >= 0.6 is 0 Å². The van der Waals surface area contributed by atoms with Crippen molar-refractivity contribution in [1.82, 2.24) is 15.3 Å². The molecule has 3 aromatic rings. The molecule has 0 saturated heterocycles. The molecule has 0 atom stereocenters. The van der Waals surface area contributed by atoms with E-state index in [0.29, 0.717) is 12.2 Å². The van der Waals surface area contributed by atoms with Crippen LogP contribution in [0.5, 0.6) is 0 Å². The molecule has 6 heteroatoms. The molecule has 0 spiro atoms. The molecule has 0 aliphatic heterocycles. The first-order valence-electron chi connectivity index (χ1n) is 8.02. The van der Waals surface area contributed by atoms with Gasteiger partial charge in [-0.1, -0.05) is 36.4 Å². The molecule has 3 rings (SSSR count). The molecule has 0 bridgehead atoms. The maximum atomic E-state index is 12.2. The minimum atomic E-state index is -0.282. The summed E-state index contributed by atoms with van der Waals surface area (Å²) in [7, 11) is 1.99. The highest BCUT2D eigenvalue weighted by Crippen LogP contribution is 2.18. The molecule has 0 saturated carbocycles. The number of aromatic nitrogens is 2. The summed E-state index contributed by atoms with van der Waals surface area (Å²) in [4.78, 5) is 22.7. The number of hydrogen-bond acceptors (Lipinski definition) is 5. The van der Waals surface area contributed by atoms with Crippen LogP contribution in [0.15, 0.2) is 59.5 Å². The minimum absolute atomic E-state index is 0.239. The van der Waals surface area contributed by atoms with Crippen LogP contribution < -0.4 is 10.2 Å². The van der Waals surface area contributed by atoms with Gasteiger partial charge in [-0.25, -0.2) is 9.97 Å². The number of benzene rings is 1. The van der Waals surface area contributed by atoms with Gasteiger partial charge < -0.3 is 14.6 Å². The van der Waals surface area contributed by atoms with Gasteiger partial charge in [0.2, 0.25) is 5.76 Å². The molecule has 25 heavy (non-hydrogen) atoms. The number of carbonyl (C=O) groups excluding carboxylic acids is 1. The summed E-state index contributed by atoms with van der Waals surface area (Å²) >= 11 is 0. The summed E-state index contributed by atoms with van der Waals surface area (Å²) in [6.07, 6.45) is 3.02. The minimum Gasteiger partial charge on any atom is -0.438 e. The Morgan fingerprint density at radius 3 is 2.68 bits per heavy atom. The van der Waals surface area contributed by atoms with E-state index >= 15 is 0 Å². The zero-order valence-electron chi connectivity index (χ0n) is 14.3. The molecule has 0 aliphatic rings. The Morgan fingerprint density at radius 2 is 1.96 bits per heavy atom. The van der Waals surface area contributed by atoms with Gasteiger partial charge >= 0.3 is 0 Å². The smallest absolute Gasteiger partial charge is 0.289 e. The van der Waals surface area contributed by atoms with Gasteiger partial charge in [0.1, 0.15) is 5.82 Å². The number of pyridine rings is 1. The number of amides is 1. The van der Waals surface area contributed by atoms with Gasteiger partial charge in [0.25, 0.3) is 5.91 Å². The van der Waals surface area contributed by atoms with Gasteiger partial charge in [0.05, 0.1) is 5.69 Å². The molecule has 1 N–H and O–H groups in total. The molecule has 1 amide bonds. The lowest BCUT2D eigenvalue weighted by Gasteiger charge is -2.21. The van der Waals surface area contributed by atoms with Gasteiger partial charge in [0.15, 0.2) is 6.39 Å². The van der Waals surface area contributed by atoms with Crippen molar-refractivity contribution in [3.63, 3.8) is 0 Å². The molecule has 1 aromatic carbocycles. The van der Waals surface area contributed by atoms with E-state index in [1.165, 1.54) is 12.0 Å². The number of carbonyl (C=O) groups is 1. The van der Waals surface area contributed by atoms with Crippen molar-refractivity contribution in [2.24, 2.45) is 0 Å². The summed E-state index contributed by atoms with van der Waals surface area (Å²) in [5.41, 5.74) is 2.71. The summed E-state index contributed by atoms with van der Waals surface area (Å²) in [5, 5.41) is 2.86. The normalized spacial score (nSPS) is 10.5. The Bertz CT molecular complexity index is 845. The van der Waals surface area contributed by atoms with E-state index in [-0.39, 0.29) is 11.7 Å². The van der Waals surface area contributed by atoms with Crippen molar-refractivity contribution in [2.75, 3.05) is 11.9 Å². The molecule has 2 heterocycles. The van der Waals surface area contributed by atoms with Crippen molar-refractivity contribution in [2.45, 2.75) is 20.0 Å². The molecule has 6 nitrogen and oxygen atoms in total. The van der Waals surface area contributed by atoms with E-state index in [0.717, 1.165) is 17.9 Å². The quantitative estimate of drug-likeness (QED) is 0.749. The predicted octanol–water partition coefficient (Wildman–Crippen LogP) is 2.94. The monoisotopic (exact) mass is 336 g/mol. The van der Waals surface area contributed by atoms with E-state index in [1.54, 1.807) is 13.1 Å². The Morgan fingerprint density at radius 1 is 1.16 bits per heavy atom. The van der Waals surface area contributed by atoms with Crippen LogP contribution in [0.4, 0.5) is 5.82 Å². The highest BCUT2D eigenvalue weighted by atomic mass is 16.3. The van der Waals surface area contributed by atoms with E-state index < -0.39 is 0 Å². The zero-order chi connectivity index (χ0) is 17.6. The largest absolute Gasteiger partial charge is 0.438 e. The molecule has 2 aromatic heterocycles. The van der Waals surface area contributed by atoms with Crippen molar-refractivity contribution >= 4 is 11.7 Å². The molecular weight excluding hydrogens is 316 g/mol. The summed E-state index contributed by atoms with van der Waals surface area (Å²) in [5.74, 6) is 0.791. The average molecular weight is 336 g/mol. The second-order valence-corrected chi connectivity index (χ2v) is 5.78. The lowest BCUT2D eigenvalue weighted by atomic mass is 10.2. The number of nitrogens with zero attached hydrogens (tertiary/aromatic N) is 3. The maximum absolute atomic E-state index is 12.2. The summed E-state index contributed by atoms with van der Waals surface area (Å²) in [6.45, 7) is 2.84. The third kappa shape index (κ3) is 4.03.